The molecule has 0 saturated carbocycles. The Labute approximate surface area is 81.4 Å². The number of unbranched alkanes of at least 4 members (excludes halogenated alkanes) is 2. The van der Waals surface area contributed by atoms with Crippen molar-refractivity contribution in [3.05, 3.63) is 12.8 Å². The van der Waals surface area contributed by atoms with Crippen molar-refractivity contribution in [3.8, 4) is 0 Å². The van der Waals surface area contributed by atoms with Crippen molar-refractivity contribution >= 4 is 5.91 Å². The van der Waals surface area contributed by atoms with Crippen LogP contribution >= 0.6 is 0 Å². The lowest BCUT2D eigenvalue weighted by molar-refractivity contribution is -0.124. The minimum atomic E-state index is 0.119. The SMILES string of the molecule is C=CNC(=O)C(CC)CCCCC. The molecular formula is C11H21NO. The zero-order chi connectivity index (χ0) is 10.1. The summed E-state index contributed by atoms with van der Waals surface area (Å²) < 4.78 is 0. The molecule has 0 fully saturated rings. The normalized spacial score (nSPS) is 12.2. The molecule has 0 aliphatic heterocycles. The highest BCUT2D eigenvalue weighted by atomic mass is 16.1. The third kappa shape index (κ3) is 5.45. The van der Waals surface area contributed by atoms with Crippen LogP contribution in [0.5, 0.6) is 0 Å². The van der Waals surface area contributed by atoms with Gasteiger partial charge < -0.3 is 5.32 Å². The van der Waals surface area contributed by atoms with Crippen molar-refractivity contribution in [1.82, 2.24) is 5.32 Å². The summed E-state index contributed by atoms with van der Waals surface area (Å²) in [5, 5.41) is 2.65. The second kappa shape index (κ2) is 7.84. The summed E-state index contributed by atoms with van der Waals surface area (Å²) in [7, 11) is 0. The predicted octanol–water partition coefficient (Wildman–Crippen LogP) is 2.85. The minimum Gasteiger partial charge on any atom is -0.333 e. The van der Waals surface area contributed by atoms with Crippen LogP contribution in [0.2, 0.25) is 0 Å². The van der Waals surface area contributed by atoms with E-state index in [-0.39, 0.29) is 11.8 Å². The van der Waals surface area contributed by atoms with E-state index in [1.54, 1.807) is 0 Å². The van der Waals surface area contributed by atoms with Crippen molar-refractivity contribution in [2.24, 2.45) is 5.92 Å². The quantitative estimate of drug-likeness (QED) is 0.604. The maximum atomic E-state index is 11.4. The van der Waals surface area contributed by atoms with Gasteiger partial charge >= 0.3 is 0 Å². The molecule has 0 aliphatic rings. The van der Waals surface area contributed by atoms with Crippen LogP contribution < -0.4 is 5.32 Å². The summed E-state index contributed by atoms with van der Waals surface area (Å²) >= 11 is 0. The molecule has 0 aromatic rings. The van der Waals surface area contributed by atoms with Crippen LogP contribution in [0.4, 0.5) is 0 Å². The molecule has 0 radical (unpaired) electrons. The first-order valence-electron chi connectivity index (χ1n) is 5.17. The number of carbonyl (C=O) groups is 1. The topological polar surface area (TPSA) is 29.1 Å². The van der Waals surface area contributed by atoms with Gasteiger partial charge in [0.15, 0.2) is 0 Å². The van der Waals surface area contributed by atoms with E-state index < -0.39 is 0 Å². The molecule has 0 heterocycles. The van der Waals surface area contributed by atoms with Gasteiger partial charge in [0, 0.05) is 5.92 Å². The van der Waals surface area contributed by atoms with Gasteiger partial charge in [0.05, 0.1) is 0 Å². The Bertz CT molecular complexity index is 154. The fourth-order valence-electron chi connectivity index (χ4n) is 1.38. The first-order chi connectivity index (χ1) is 6.26. The van der Waals surface area contributed by atoms with Crippen LogP contribution in [0.3, 0.4) is 0 Å². The molecule has 76 valence electrons. The number of rotatable bonds is 7. The van der Waals surface area contributed by atoms with Gasteiger partial charge in [-0.2, -0.15) is 0 Å². The summed E-state index contributed by atoms with van der Waals surface area (Å²) in [6.07, 6.45) is 6.97. The molecule has 0 aromatic carbocycles. The number of hydrogen-bond donors (Lipinski definition) is 1. The van der Waals surface area contributed by atoms with Gasteiger partial charge in [0.2, 0.25) is 5.91 Å². The van der Waals surface area contributed by atoms with Crippen LogP contribution in [0, 0.1) is 5.92 Å². The van der Waals surface area contributed by atoms with Gasteiger partial charge in [0.25, 0.3) is 0 Å². The highest BCUT2D eigenvalue weighted by Crippen LogP contribution is 2.13. The Balaban J connectivity index is 3.73. The summed E-state index contributed by atoms with van der Waals surface area (Å²) in [5.41, 5.74) is 0. The van der Waals surface area contributed by atoms with Crippen LogP contribution in [0.15, 0.2) is 12.8 Å². The number of nitrogens with one attached hydrogen (secondary N) is 1. The molecule has 1 unspecified atom stereocenters. The summed E-state index contributed by atoms with van der Waals surface area (Å²) in [4.78, 5) is 11.4. The molecule has 1 N–H and O–H groups in total. The molecule has 1 amide bonds. The third-order valence-corrected chi connectivity index (χ3v) is 2.26. The molecule has 0 spiro atoms. The maximum Gasteiger partial charge on any atom is 0.226 e. The standard InChI is InChI=1S/C11H21NO/c1-4-7-8-9-10(5-2)11(13)12-6-3/h6,10H,3-5,7-9H2,1-2H3,(H,12,13). The average Bonchev–Trinajstić information content (AvgIpc) is 2.13. The first-order valence-corrected chi connectivity index (χ1v) is 5.17. The van der Waals surface area contributed by atoms with Gasteiger partial charge in [-0.25, -0.2) is 0 Å². The minimum absolute atomic E-state index is 0.119. The monoisotopic (exact) mass is 183 g/mol. The average molecular weight is 183 g/mol. The predicted molar refractivity (Wildman–Crippen MR) is 56.3 cm³/mol. The lowest BCUT2D eigenvalue weighted by atomic mass is 9.98. The van der Waals surface area contributed by atoms with E-state index in [4.69, 9.17) is 0 Å². The maximum absolute atomic E-state index is 11.4. The first kappa shape index (κ1) is 12.2. The van der Waals surface area contributed by atoms with Crippen molar-refractivity contribution in [2.75, 3.05) is 0 Å². The molecule has 1 atom stereocenters. The summed E-state index contributed by atoms with van der Waals surface area (Å²) in [6, 6.07) is 0. The fraction of sp³-hybridized carbons (Fsp3) is 0.727. The molecule has 0 aliphatic carbocycles. The number of amides is 1. The highest BCUT2D eigenvalue weighted by Gasteiger charge is 2.13. The largest absolute Gasteiger partial charge is 0.333 e. The second-order valence-corrected chi connectivity index (χ2v) is 3.31. The van der Waals surface area contributed by atoms with Gasteiger partial charge in [0.1, 0.15) is 0 Å². The molecule has 0 aromatic heterocycles. The Hall–Kier alpha value is -0.790. The lowest BCUT2D eigenvalue weighted by Crippen LogP contribution is -2.25. The van der Waals surface area contributed by atoms with E-state index in [0.29, 0.717) is 0 Å². The third-order valence-electron chi connectivity index (χ3n) is 2.26. The number of hydrogen-bond acceptors (Lipinski definition) is 1. The van der Waals surface area contributed by atoms with E-state index in [1.165, 1.54) is 19.0 Å². The lowest BCUT2D eigenvalue weighted by Gasteiger charge is -2.12. The van der Waals surface area contributed by atoms with Crippen molar-refractivity contribution in [1.29, 1.82) is 0 Å². The van der Waals surface area contributed by atoms with Gasteiger partial charge in [-0.15, -0.1) is 0 Å². The highest BCUT2D eigenvalue weighted by molar-refractivity contribution is 5.79. The fourth-order valence-corrected chi connectivity index (χ4v) is 1.38. The summed E-state index contributed by atoms with van der Waals surface area (Å²) in [5.74, 6) is 0.290. The van der Waals surface area contributed by atoms with Crippen LogP contribution in [0.25, 0.3) is 0 Å². The van der Waals surface area contributed by atoms with Gasteiger partial charge in [-0.3, -0.25) is 4.79 Å². The molecule has 2 heteroatoms. The van der Waals surface area contributed by atoms with E-state index in [2.05, 4.69) is 25.7 Å². The van der Waals surface area contributed by atoms with E-state index in [9.17, 15) is 4.79 Å². The molecule has 0 bridgehead atoms. The van der Waals surface area contributed by atoms with E-state index >= 15 is 0 Å². The van der Waals surface area contributed by atoms with Crippen LogP contribution in [-0.4, -0.2) is 5.91 Å². The van der Waals surface area contributed by atoms with Crippen molar-refractivity contribution in [2.45, 2.75) is 46.0 Å². The van der Waals surface area contributed by atoms with Gasteiger partial charge in [-0.1, -0.05) is 39.7 Å². The zero-order valence-electron chi connectivity index (χ0n) is 8.81. The molecule has 2 nitrogen and oxygen atoms in total. The molecule has 0 rings (SSSR count). The molecule has 13 heavy (non-hydrogen) atoms. The Kier molecular flexibility index (Phi) is 7.36. The van der Waals surface area contributed by atoms with E-state index in [0.717, 1.165) is 19.3 Å². The Morgan fingerprint density at radius 1 is 1.46 bits per heavy atom. The summed E-state index contributed by atoms with van der Waals surface area (Å²) in [6.45, 7) is 7.71. The van der Waals surface area contributed by atoms with Crippen molar-refractivity contribution in [3.63, 3.8) is 0 Å². The molecule has 0 saturated heterocycles. The van der Waals surface area contributed by atoms with Crippen LogP contribution in [0.1, 0.15) is 46.0 Å². The van der Waals surface area contributed by atoms with Gasteiger partial charge in [-0.05, 0) is 19.0 Å². The number of carbonyl (C=O) groups excluding carboxylic acids is 1. The second-order valence-electron chi connectivity index (χ2n) is 3.31. The van der Waals surface area contributed by atoms with Crippen LogP contribution in [-0.2, 0) is 4.79 Å². The Morgan fingerprint density at radius 3 is 2.62 bits per heavy atom. The van der Waals surface area contributed by atoms with Crippen molar-refractivity contribution < 1.29 is 4.79 Å². The smallest absolute Gasteiger partial charge is 0.226 e. The molecular weight excluding hydrogens is 162 g/mol. The zero-order valence-corrected chi connectivity index (χ0v) is 8.81. The Morgan fingerprint density at radius 2 is 2.15 bits per heavy atom. The van der Waals surface area contributed by atoms with E-state index in [1.807, 2.05) is 0 Å².